The van der Waals surface area contributed by atoms with Crippen LogP contribution in [0.5, 0.6) is 0 Å². The Bertz CT molecular complexity index is 621. The van der Waals surface area contributed by atoms with Gasteiger partial charge in [0.2, 0.25) is 0 Å². The van der Waals surface area contributed by atoms with Gasteiger partial charge in [-0.2, -0.15) is 0 Å². The predicted molar refractivity (Wildman–Crippen MR) is 66.1 cm³/mol. The van der Waals surface area contributed by atoms with Crippen LogP contribution in [-0.2, 0) is 9.47 Å². The van der Waals surface area contributed by atoms with Gasteiger partial charge in [0.15, 0.2) is 0 Å². The van der Waals surface area contributed by atoms with Crippen molar-refractivity contribution in [2.45, 2.75) is 31.8 Å². The quantitative estimate of drug-likeness (QED) is 0.624. The van der Waals surface area contributed by atoms with Gasteiger partial charge in [-0.25, -0.2) is 9.59 Å². The lowest BCUT2D eigenvalue weighted by atomic mass is 10.2. The number of aliphatic hydroxyl groups is 1. The smallest absolute Gasteiger partial charge is 0.404 e. The Morgan fingerprint density at radius 3 is 3.00 bits per heavy atom. The van der Waals surface area contributed by atoms with Crippen molar-refractivity contribution >= 4 is 6.09 Å². The van der Waals surface area contributed by atoms with Crippen LogP contribution in [0.3, 0.4) is 0 Å². The Labute approximate surface area is 112 Å². The molecule has 2 rings (SSSR count). The van der Waals surface area contributed by atoms with Gasteiger partial charge in [0.25, 0.3) is 5.56 Å². The second kappa shape index (κ2) is 5.47. The Balaban J connectivity index is 2.16. The van der Waals surface area contributed by atoms with Crippen molar-refractivity contribution in [1.82, 2.24) is 9.55 Å². The molecule has 0 unspecified atom stereocenters. The zero-order chi connectivity index (χ0) is 14.9. The molecule has 1 aromatic heterocycles. The molecule has 9 heteroatoms. The van der Waals surface area contributed by atoms with Crippen molar-refractivity contribution in [3.8, 4) is 0 Å². The van der Waals surface area contributed by atoms with E-state index < -0.39 is 35.8 Å². The molecular formula is C11H15N3O6. The molecule has 1 aliphatic rings. The molecule has 1 fully saturated rings. The summed E-state index contributed by atoms with van der Waals surface area (Å²) in [5, 5.41) is 9.80. The zero-order valence-corrected chi connectivity index (χ0v) is 10.7. The minimum Gasteiger partial charge on any atom is -0.447 e. The van der Waals surface area contributed by atoms with E-state index in [1.807, 2.05) is 0 Å². The van der Waals surface area contributed by atoms with Crippen LogP contribution in [0.2, 0.25) is 0 Å². The summed E-state index contributed by atoms with van der Waals surface area (Å²) in [4.78, 5) is 35.6. The second-order valence-electron chi connectivity index (χ2n) is 4.54. The van der Waals surface area contributed by atoms with Crippen LogP contribution in [0.1, 0.15) is 18.2 Å². The Morgan fingerprint density at radius 2 is 2.35 bits per heavy atom. The van der Waals surface area contributed by atoms with E-state index in [1.54, 1.807) is 6.92 Å². The van der Waals surface area contributed by atoms with Gasteiger partial charge in [0, 0.05) is 18.2 Å². The molecule has 20 heavy (non-hydrogen) atoms. The normalized spacial score (nSPS) is 25.6. The number of nitrogens with zero attached hydrogens (tertiary/aromatic N) is 1. The maximum absolute atomic E-state index is 11.7. The number of aromatic amines is 1. The summed E-state index contributed by atoms with van der Waals surface area (Å²) >= 11 is 0. The number of nitrogens with two attached hydrogens (primary N) is 1. The molecule has 2 heterocycles. The Kier molecular flexibility index (Phi) is 3.91. The van der Waals surface area contributed by atoms with Gasteiger partial charge in [-0.15, -0.1) is 0 Å². The summed E-state index contributed by atoms with van der Waals surface area (Å²) in [5.41, 5.74) is 4.07. The fraction of sp³-hybridized carbons (Fsp3) is 0.545. The maximum atomic E-state index is 11.7. The Hall–Kier alpha value is -2.13. The van der Waals surface area contributed by atoms with E-state index in [0.29, 0.717) is 5.56 Å². The summed E-state index contributed by atoms with van der Waals surface area (Å²) in [7, 11) is 0. The number of rotatable bonds is 3. The van der Waals surface area contributed by atoms with Crippen LogP contribution in [0.4, 0.5) is 4.79 Å². The third kappa shape index (κ3) is 2.89. The first kappa shape index (κ1) is 14.3. The SMILES string of the molecule is Cc1cn([C@@H]2C[C@H](O)[C@H](COC(N)=O)O2)c(=O)[nH]c1=O. The third-order valence-corrected chi connectivity index (χ3v) is 3.05. The van der Waals surface area contributed by atoms with E-state index in [9.17, 15) is 19.5 Å². The van der Waals surface area contributed by atoms with Gasteiger partial charge >= 0.3 is 11.8 Å². The van der Waals surface area contributed by atoms with Crippen LogP contribution >= 0.6 is 0 Å². The third-order valence-electron chi connectivity index (χ3n) is 3.05. The molecule has 0 aromatic carbocycles. The maximum Gasteiger partial charge on any atom is 0.404 e. The molecule has 3 atom stereocenters. The average molecular weight is 285 g/mol. The molecular weight excluding hydrogens is 270 g/mol. The number of aromatic nitrogens is 2. The van der Waals surface area contributed by atoms with Crippen LogP contribution in [0.15, 0.2) is 15.8 Å². The van der Waals surface area contributed by atoms with Crippen LogP contribution < -0.4 is 17.0 Å². The average Bonchev–Trinajstić information content (AvgIpc) is 2.72. The van der Waals surface area contributed by atoms with E-state index >= 15 is 0 Å². The molecule has 110 valence electrons. The molecule has 0 bridgehead atoms. The number of aliphatic hydroxyl groups excluding tert-OH is 1. The standard InChI is InChI=1S/C11H15N3O6/c1-5-3-14(11(18)13-9(5)16)8-2-6(15)7(20-8)4-19-10(12)17/h3,6-8,15H,2,4H2,1H3,(H2,12,17)(H,13,16,18)/t6-,7-,8-/m0/s1. The van der Waals surface area contributed by atoms with E-state index in [1.165, 1.54) is 10.8 Å². The van der Waals surface area contributed by atoms with Crippen molar-refractivity contribution in [3.05, 3.63) is 32.6 Å². The first-order chi connectivity index (χ1) is 9.38. The predicted octanol–water partition coefficient (Wildman–Crippen LogP) is -1.41. The van der Waals surface area contributed by atoms with Gasteiger partial charge in [0.1, 0.15) is 18.9 Å². The fourth-order valence-electron chi connectivity index (χ4n) is 2.00. The number of hydrogen-bond donors (Lipinski definition) is 3. The van der Waals surface area contributed by atoms with Crippen molar-refractivity contribution in [2.24, 2.45) is 5.73 Å². The number of primary amides is 1. The number of amides is 1. The number of aryl methyl sites for hydroxylation is 1. The second-order valence-corrected chi connectivity index (χ2v) is 4.54. The minimum absolute atomic E-state index is 0.137. The highest BCUT2D eigenvalue weighted by Crippen LogP contribution is 2.27. The summed E-state index contributed by atoms with van der Waals surface area (Å²) < 4.78 is 11.2. The Morgan fingerprint density at radius 1 is 1.65 bits per heavy atom. The topological polar surface area (TPSA) is 137 Å². The number of H-pyrrole nitrogens is 1. The molecule has 0 saturated carbocycles. The molecule has 0 radical (unpaired) electrons. The number of carbonyl (C=O) groups excluding carboxylic acids is 1. The van der Waals surface area contributed by atoms with Crippen LogP contribution in [-0.4, -0.2) is 39.6 Å². The number of carbonyl (C=O) groups is 1. The highest BCUT2D eigenvalue weighted by molar-refractivity contribution is 5.64. The van der Waals surface area contributed by atoms with Gasteiger partial charge < -0.3 is 20.3 Å². The molecule has 1 saturated heterocycles. The molecule has 1 amide bonds. The molecule has 0 spiro atoms. The van der Waals surface area contributed by atoms with E-state index in [4.69, 9.17) is 10.5 Å². The summed E-state index contributed by atoms with van der Waals surface area (Å²) in [6.45, 7) is 1.35. The van der Waals surface area contributed by atoms with Gasteiger partial charge in [-0.3, -0.25) is 14.3 Å². The first-order valence-corrected chi connectivity index (χ1v) is 5.96. The van der Waals surface area contributed by atoms with Crippen LogP contribution in [0.25, 0.3) is 0 Å². The number of nitrogens with one attached hydrogen (secondary N) is 1. The first-order valence-electron chi connectivity index (χ1n) is 5.96. The van der Waals surface area contributed by atoms with Crippen molar-refractivity contribution in [3.63, 3.8) is 0 Å². The van der Waals surface area contributed by atoms with Gasteiger partial charge in [0.05, 0.1) is 6.10 Å². The summed E-state index contributed by atoms with van der Waals surface area (Å²) in [5.74, 6) is 0. The van der Waals surface area contributed by atoms with E-state index in [0.717, 1.165) is 0 Å². The largest absolute Gasteiger partial charge is 0.447 e. The van der Waals surface area contributed by atoms with Crippen molar-refractivity contribution in [2.75, 3.05) is 6.61 Å². The monoisotopic (exact) mass is 285 g/mol. The van der Waals surface area contributed by atoms with Crippen LogP contribution in [0, 0.1) is 6.92 Å². The van der Waals surface area contributed by atoms with Gasteiger partial charge in [-0.05, 0) is 6.92 Å². The lowest BCUT2D eigenvalue weighted by Crippen LogP contribution is -2.33. The van der Waals surface area contributed by atoms with E-state index in [-0.39, 0.29) is 13.0 Å². The number of hydrogen-bond acceptors (Lipinski definition) is 6. The van der Waals surface area contributed by atoms with Crippen molar-refractivity contribution in [1.29, 1.82) is 0 Å². The van der Waals surface area contributed by atoms with E-state index in [2.05, 4.69) is 9.72 Å². The minimum atomic E-state index is -0.971. The molecule has 1 aromatic rings. The fourth-order valence-corrected chi connectivity index (χ4v) is 2.00. The molecule has 0 aliphatic carbocycles. The lowest BCUT2D eigenvalue weighted by Gasteiger charge is -2.15. The zero-order valence-electron chi connectivity index (χ0n) is 10.7. The molecule has 9 nitrogen and oxygen atoms in total. The number of ether oxygens (including phenoxy) is 2. The highest BCUT2D eigenvalue weighted by Gasteiger charge is 2.36. The van der Waals surface area contributed by atoms with Gasteiger partial charge in [-0.1, -0.05) is 0 Å². The molecule has 4 N–H and O–H groups in total. The lowest BCUT2D eigenvalue weighted by molar-refractivity contribution is -0.0480. The highest BCUT2D eigenvalue weighted by atomic mass is 16.6. The summed E-state index contributed by atoms with van der Waals surface area (Å²) in [6.07, 6.45) is -1.89. The summed E-state index contributed by atoms with van der Waals surface area (Å²) in [6, 6.07) is 0. The van der Waals surface area contributed by atoms with Crippen molar-refractivity contribution < 1.29 is 19.4 Å². The molecule has 1 aliphatic heterocycles.